The van der Waals surface area contributed by atoms with Crippen molar-refractivity contribution < 1.29 is 9.18 Å². The third-order valence-corrected chi connectivity index (χ3v) is 3.19. The Morgan fingerprint density at radius 3 is 2.61 bits per heavy atom. The predicted octanol–water partition coefficient (Wildman–Crippen LogP) is 2.14. The molecule has 4 heteroatoms. The van der Waals surface area contributed by atoms with Crippen molar-refractivity contribution in [2.75, 3.05) is 0 Å². The fraction of sp³-hybridized carbons (Fsp3) is 0.500. The number of hydrogen-bond donors (Lipinski definition) is 2. The lowest BCUT2D eigenvalue weighted by Crippen LogP contribution is -2.44. The minimum Gasteiger partial charge on any atom is -0.352 e. The second kappa shape index (κ2) is 5.48. The molecule has 0 spiro atoms. The number of rotatable bonds is 5. The van der Waals surface area contributed by atoms with Crippen LogP contribution in [0.3, 0.4) is 0 Å². The fourth-order valence-corrected chi connectivity index (χ4v) is 1.92. The van der Waals surface area contributed by atoms with E-state index in [2.05, 4.69) is 10.6 Å². The lowest BCUT2D eigenvalue weighted by Gasteiger charge is -2.20. The second-order valence-corrected chi connectivity index (χ2v) is 4.91. The first-order chi connectivity index (χ1) is 8.58. The van der Waals surface area contributed by atoms with Crippen LogP contribution in [0.1, 0.15) is 38.3 Å². The highest BCUT2D eigenvalue weighted by molar-refractivity contribution is 5.81. The Morgan fingerprint density at radius 2 is 2.00 bits per heavy atom. The van der Waals surface area contributed by atoms with E-state index in [1.807, 2.05) is 6.92 Å². The third-order valence-electron chi connectivity index (χ3n) is 3.19. The van der Waals surface area contributed by atoms with Crippen molar-refractivity contribution in [2.45, 2.75) is 44.8 Å². The Hall–Kier alpha value is -1.42. The topological polar surface area (TPSA) is 41.1 Å². The molecule has 1 aromatic rings. The van der Waals surface area contributed by atoms with Gasteiger partial charge in [0.25, 0.3) is 0 Å². The maximum absolute atomic E-state index is 13.6. The van der Waals surface area contributed by atoms with Gasteiger partial charge in [-0.25, -0.2) is 4.39 Å². The van der Waals surface area contributed by atoms with Gasteiger partial charge >= 0.3 is 0 Å². The zero-order chi connectivity index (χ0) is 13.1. The SMILES string of the molecule is CC(NC(C)c1ccccc1F)C(=O)NC1CC1. The van der Waals surface area contributed by atoms with Crippen molar-refractivity contribution in [3.63, 3.8) is 0 Å². The summed E-state index contributed by atoms with van der Waals surface area (Å²) in [7, 11) is 0. The van der Waals surface area contributed by atoms with Crippen molar-refractivity contribution in [1.29, 1.82) is 0 Å². The molecule has 1 saturated carbocycles. The Morgan fingerprint density at radius 1 is 1.33 bits per heavy atom. The summed E-state index contributed by atoms with van der Waals surface area (Å²) in [4.78, 5) is 11.8. The van der Waals surface area contributed by atoms with Crippen LogP contribution in [-0.2, 0) is 4.79 Å². The highest BCUT2D eigenvalue weighted by atomic mass is 19.1. The average Bonchev–Trinajstić information content (AvgIpc) is 3.13. The normalized spacial score (nSPS) is 18.2. The highest BCUT2D eigenvalue weighted by Gasteiger charge is 2.26. The Balaban J connectivity index is 1.91. The fourth-order valence-electron chi connectivity index (χ4n) is 1.92. The van der Waals surface area contributed by atoms with Crippen LogP contribution in [-0.4, -0.2) is 18.0 Å². The lowest BCUT2D eigenvalue weighted by molar-refractivity contribution is -0.123. The monoisotopic (exact) mass is 250 g/mol. The molecular weight excluding hydrogens is 231 g/mol. The van der Waals surface area contributed by atoms with Crippen molar-refractivity contribution in [2.24, 2.45) is 0 Å². The molecule has 18 heavy (non-hydrogen) atoms. The Labute approximate surface area is 107 Å². The molecule has 0 heterocycles. The Kier molecular flexibility index (Phi) is 3.97. The van der Waals surface area contributed by atoms with E-state index in [-0.39, 0.29) is 23.8 Å². The molecule has 0 aliphatic heterocycles. The molecule has 2 unspecified atom stereocenters. The largest absolute Gasteiger partial charge is 0.352 e. The van der Waals surface area contributed by atoms with Crippen LogP contribution in [0.5, 0.6) is 0 Å². The molecule has 0 aromatic heterocycles. The minimum atomic E-state index is -0.319. The molecule has 98 valence electrons. The molecule has 2 rings (SSSR count). The van der Waals surface area contributed by atoms with E-state index < -0.39 is 0 Å². The summed E-state index contributed by atoms with van der Waals surface area (Å²) >= 11 is 0. The van der Waals surface area contributed by atoms with Crippen LogP contribution < -0.4 is 10.6 Å². The quantitative estimate of drug-likeness (QED) is 0.840. The van der Waals surface area contributed by atoms with Crippen LogP contribution in [0.25, 0.3) is 0 Å². The smallest absolute Gasteiger partial charge is 0.237 e. The molecule has 1 aliphatic rings. The maximum atomic E-state index is 13.6. The number of benzene rings is 1. The summed E-state index contributed by atoms with van der Waals surface area (Å²) < 4.78 is 13.6. The van der Waals surface area contributed by atoms with Crippen molar-refractivity contribution in [3.05, 3.63) is 35.6 Å². The van der Waals surface area contributed by atoms with E-state index in [1.165, 1.54) is 6.07 Å². The first-order valence-electron chi connectivity index (χ1n) is 6.39. The minimum absolute atomic E-state index is 0.0133. The van der Waals surface area contributed by atoms with Crippen LogP contribution in [0.4, 0.5) is 4.39 Å². The van der Waals surface area contributed by atoms with Crippen LogP contribution >= 0.6 is 0 Å². The molecular formula is C14H19FN2O. The lowest BCUT2D eigenvalue weighted by atomic mass is 10.1. The molecule has 1 aromatic carbocycles. The van der Waals surface area contributed by atoms with Gasteiger partial charge in [-0.15, -0.1) is 0 Å². The summed E-state index contributed by atoms with van der Waals surface area (Å²) in [6.45, 7) is 3.66. The molecule has 3 nitrogen and oxygen atoms in total. The van der Waals surface area contributed by atoms with Gasteiger partial charge in [0.15, 0.2) is 0 Å². The number of nitrogens with one attached hydrogen (secondary N) is 2. The van der Waals surface area contributed by atoms with Gasteiger partial charge in [0.05, 0.1) is 6.04 Å². The predicted molar refractivity (Wildman–Crippen MR) is 68.6 cm³/mol. The van der Waals surface area contributed by atoms with Gasteiger partial charge in [0.2, 0.25) is 5.91 Å². The summed E-state index contributed by atoms with van der Waals surface area (Å²) in [5.41, 5.74) is 0.587. The zero-order valence-electron chi connectivity index (χ0n) is 10.7. The van der Waals surface area contributed by atoms with Gasteiger partial charge in [0, 0.05) is 17.6 Å². The maximum Gasteiger partial charge on any atom is 0.237 e. The van der Waals surface area contributed by atoms with Crippen molar-refractivity contribution in [1.82, 2.24) is 10.6 Å². The number of carbonyl (C=O) groups excluding carboxylic acids is 1. The van der Waals surface area contributed by atoms with E-state index in [1.54, 1.807) is 25.1 Å². The Bertz CT molecular complexity index is 432. The summed E-state index contributed by atoms with van der Waals surface area (Å²) in [6, 6.07) is 6.47. The van der Waals surface area contributed by atoms with Gasteiger partial charge in [-0.1, -0.05) is 18.2 Å². The standard InChI is InChI=1S/C14H19FN2O/c1-9(12-5-3-4-6-13(12)15)16-10(2)14(18)17-11-7-8-11/h3-6,9-11,16H,7-8H2,1-2H3,(H,17,18). The number of amides is 1. The number of carbonyl (C=O) groups is 1. The van der Waals surface area contributed by atoms with E-state index >= 15 is 0 Å². The van der Waals surface area contributed by atoms with E-state index in [0.717, 1.165) is 12.8 Å². The van der Waals surface area contributed by atoms with Gasteiger partial charge in [0.1, 0.15) is 5.82 Å². The highest BCUT2D eigenvalue weighted by Crippen LogP contribution is 2.19. The molecule has 0 radical (unpaired) electrons. The molecule has 1 fully saturated rings. The van der Waals surface area contributed by atoms with Gasteiger partial charge in [-0.2, -0.15) is 0 Å². The first-order valence-corrected chi connectivity index (χ1v) is 6.39. The first kappa shape index (κ1) is 13.0. The summed E-state index contributed by atoms with van der Waals surface area (Å²) in [5.74, 6) is -0.256. The summed E-state index contributed by atoms with van der Waals surface area (Å²) in [6.07, 6.45) is 2.14. The van der Waals surface area contributed by atoms with E-state index in [0.29, 0.717) is 11.6 Å². The van der Waals surface area contributed by atoms with E-state index in [9.17, 15) is 9.18 Å². The summed E-state index contributed by atoms with van der Waals surface area (Å²) in [5, 5.41) is 6.05. The third kappa shape index (κ3) is 3.29. The van der Waals surface area contributed by atoms with Crippen LogP contribution in [0, 0.1) is 5.82 Å². The number of hydrogen-bond acceptors (Lipinski definition) is 2. The van der Waals surface area contributed by atoms with Crippen molar-refractivity contribution in [3.8, 4) is 0 Å². The average molecular weight is 250 g/mol. The molecule has 1 amide bonds. The van der Waals surface area contributed by atoms with Gasteiger partial charge in [-0.05, 0) is 32.8 Å². The molecule has 0 bridgehead atoms. The molecule has 2 atom stereocenters. The zero-order valence-corrected chi connectivity index (χ0v) is 10.7. The second-order valence-electron chi connectivity index (χ2n) is 4.91. The molecule has 0 saturated heterocycles. The van der Waals surface area contributed by atoms with Crippen molar-refractivity contribution >= 4 is 5.91 Å². The molecule has 2 N–H and O–H groups in total. The van der Waals surface area contributed by atoms with Gasteiger partial charge < -0.3 is 5.32 Å². The van der Waals surface area contributed by atoms with E-state index in [4.69, 9.17) is 0 Å². The van der Waals surface area contributed by atoms with Gasteiger partial charge in [-0.3, -0.25) is 10.1 Å². The van der Waals surface area contributed by atoms with Crippen LogP contribution in [0.2, 0.25) is 0 Å². The van der Waals surface area contributed by atoms with Crippen LogP contribution in [0.15, 0.2) is 24.3 Å². The number of halogens is 1. The molecule has 1 aliphatic carbocycles.